The molecule has 0 atom stereocenters. The SMILES string of the molecule is C=C1/C=C\c2cc(C(C)(C)C)cc3c2C/C(=C\C=C/1N(c1ccc(-c2ccc4c5ccc6c7c(ccc(c8cccc2c84)c75)C(=O)N(c2c(C(C)C)cccc2C(C)C)C6=O)c([N+](=O)[O-])c1)c1ccc2ccc4cc(C(C)(C)C)cc5ccc1c2c45)C=C3. The smallest absolute Gasteiger partial charge is 0.279 e. The number of benzene rings is 12. The molecule has 12 aromatic carbocycles. The summed E-state index contributed by atoms with van der Waals surface area (Å²) in [5, 5.41) is 27.8. The number of rotatable bonds is 8. The van der Waals surface area contributed by atoms with Gasteiger partial charge >= 0.3 is 0 Å². The number of anilines is 3. The Morgan fingerprint density at radius 1 is 0.511 bits per heavy atom. The minimum absolute atomic E-state index is 0.0436. The molecule has 7 heteroatoms. The van der Waals surface area contributed by atoms with E-state index in [0.717, 1.165) is 99.5 Å². The van der Waals surface area contributed by atoms with Gasteiger partial charge in [0.15, 0.2) is 0 Å². The molecule has 0 saturated heterocycles. The summed E-state index contributed by atoms with van der Waals surface area (Å²) in [6, 6.07) is 52.2. The number of nitrogens with zero attached hydrogens (tertiary/aromatic N) is 3. The first-order chi connectivity index (χ1) is 42.1. The van der Waals surface area contributed by atoms with Crippen molar-refractivity contribution in [3.63, 3.8) is 0 Å². The van der Waals surface area contributed by atoms with Crippen molar-refractivity contribution >= 4 is 122 Å². The van der Waals surface area contributed by atoms with E-state index in [9.17, 15) is 10.1 Å². The zero-order valence-corrected chi connectivity index (χ0v) is 51.4. The number of amides is 2. The van der Waals surface area contributed by atoms with Crippen LogP contribution in [-0.2, 0) is 17.3 Å². The van der Waals surface area contributed by atoms with Gasteiger partial charge < -0.3 is 4.90 Å². The summed E-state index contributed by atoms with van der Waals surface area (Å²) in [5.41, 5.74) is 14.9. The molecule has 1 aliphatic heterocycles. The Kier molecular flexibility index (Phi) is 12.1. The number of imide groups is 1. The zero-order chi connectivity index (χ0) is 61.1. The first-order valence-corrected chi connectivity index (χ1v) is 30.8. The molecule has 2 bridgehead atoms. The third-order valence-electron chi connectivity index (χ3n) is 19.2. The summed E-state index contributed by atoms with van der Waals surface area (Å²) in [6.45, 7) is 26.7. The summed E-state index contributed by atoms with van der Waals surface area (Å²) in [4.78, 5) is 47.4. The standard InChI is InChI=1S/C81H67N3O4/c1-44(2)56-14-12-15-57(45(3)4)77(56)83-78(85)66-34-32-63-61-17-13-16-60-58(30-31-62(74(60)61)64-33-35-67(79(83)86)76(66)75(63)64)59-29-27-55(43-71(59)84(87)88)82(69-36-20-47-19-22-50-40-53(80(6,7)8)39-49(68(50)38-47)21-18-46(69)5)70-37-26-48-23-24-51-41-54(81(9,10)11)42-52-25-28-65(70)73(48)72(51)52/h12-37,39-45H,5,38H2,1-4,6-11H3/b21-18-,47-20-,69-36+. The molecule has 0 fully saturated rings. The zero-order valence-electron chi connectivity index (χ0n) is 51.4. The van der Waals surface area contributed by atoms with Crippen LogP contribution in [-0.4, -0.2) is 16.7 Å². The summed E-state index contributed by atoms with van der Waals surface area (Å²) < 4.78 is 0. The van der Waals surface area contributed by atoms with Crippen LogP contribution in [0.25, 0.3) is 98.7 Å². The van der Waals surface area contributed by atoms with Crippen LogP contribution in [0.4, 0.5) is 22.7 Å². The number of hydrogen-bond donors (Lipinski definition) is 0. The van der Waals surface area contributed by atoms with Gasteiger partial charge in [-0.1, -0.05) is 221 Å². The molecule has 0 saturated carbocycles. The van der Waals surface area contributed by atoms with Crippen LogP contribution < -0.4 is 9.80 Å². The maximum absolute atomic E-state index is 15.0. The van der Waals surface area contributed by atoms with Gasteiger partial charge in [-0.15, -0.1) is 0 Å². The highest BCUT2D eigenvalue weighted by atomic mass is 16.6. The van der Waals surface area contributed by atoms with Crippen LogP contribution in [0, 0.1) is 10.1 Å². The highest BCUT2D eigenvalue weighted by Gasteiger charge is 2.38. The molecule has 15 rings (SSSR count). The monoisotopic (exact) mass is 1150 g/mol. The maximum Gasteiger partial charge on any atom is 0.279 e. The van der Waals surface area contributed by atoms with Crippen molar-refractivity contribution in [1.29, 1.82) is 0 Å². The second-order valence-electron chi connectivity index (χ2n) is 27.2. The van der Waals surface area contributed by atoms with Crippen LogP contribution in [0.15, 0.2) is 199 Å². The molecule has 88 heavy (non-hydrogen) atoms. The van der Waals surface area contributed by atoms with Gasteiger partial charge in [0.25, 0.3) is 17.5 Å². The summed E-state index contributed by atoms with van der Waals surface area (Å²) in [5.74, 6) is -0.522. The highest BCUT2D eigenvalue weighted by molar-refractivity contribution is 6.43. The van der Waals surface area contributed by atoms with Gasteiger partial charge in [0, 0.05) is 28.0 Å². The van der Waals surface area contributed by atoms with Gasteiger partial charge in [0.2, 0.25) is 0 Å². The van der Waals surface area contributed by atoms with Gasteiger partial charge in [-0.25, -0.2) is 4.90 Å². The number of carbonyl (C=O) groups excluding carboxylic acids is 2. The van der Waals surface area contributed by atoms with Crippen molar-refractivity contribution < 1.29 is 14.5 Å². The van der Waals surface area contributed by atoms with Gasteiger partial charge in [0.1, 0.15) is 0 Å². The van der Waals surface area contributed by atoms with E-state index in [4.69, 9.17) is 6.58 Å². The van der Waals surface area contributed by atoms with Crippen LogP contribution >= 0.6 is 0 Å². The number of nitro benzene ring substituents is 1. The summed E-state index contributed by atoms with van der Waals surface area (Å²) in [6.07, 6.45) is 13.8. The molecule has 7 nitrogen and oxygen atoms in total. The maximum atomic E-state index is 15.0. The van der Waals surface area contributed by atoms with Crippen molar-refractivity contribution in [1.82, 2.24) is 0 Å². The van der Waals surface area contributed by atoms with Crippen LogP contribution in [0.2, 0.25) is 0 Å². The number of fused-ring (bicyclic) bond motifs is 3. The lowest BCUT2D eigenvalue weighted by molar-refractivity contribution is -0.384. The molecule has 3 aliphatic rings. The van der Waals surface area contributed by atoms with E-state index in [2.05, 4.69) is 183 Å². The average molecular weight is 1150 g/mol. The number of carbonyl (C=O) groups is 2. The molecule has 0 unspecified atom stereocenters. The highest BCUT2D eigenvalue weighted by Crippen LogP contribution is 2.51. The average Bonchev–Trinajstić information content (AvgIpc) is 0.707. The topological polar surface area (TPSA) is 83.8 Å². The van der Waals surface area contributed by atoms with E-state index >= 15 is 9.59 Å². The number of allylic oxidation sites excluding steroid dienone is 5. The van der Waals surface area contributed by atoms with Crippen molar-refractivity contribution in [2.75, 3.05) is 9.80 Å². The van der Waals surface area contributed by atoms with Gasteiger partial charge in [-0.05, 0) is 186 Å². The van der Waals surface area contributed by atoms with Gasteiger partial charge in [-0.2, -0.15) is 0 Å². The fourth-order valence-corrected chi connectivity index (χ4v) is 14.6. The summed E-state index contributed by atoms with van der Waals surface area (Å²) in [7, 11) is 0. The molecule has 0 N–H and O–H groups in total. The van der Waals surface area contributed by atoms with Crippen molar-refractivity contribution in [3.8, 4) is 11.1 Å². The fraction of sp³-hybridized carbons (Fsp3) is 0.185. The van der Waals surface area contributed by atoms with Gasteiger partial charge in [-0.3, -0.25) is 19.7 Å². The van der Waals surface area contributed by atoms with E-state index in [0.29, 0.717) is 39.0 Å². The minimum Gasteiger partial charge on any atom is -0.309 e. The summed E-state index contributed by atoms with van der Waals surface area (Å²) >= 11 is 0. The van der Waals surface area contributed by atoms with Crippen molar-refractivity contribution in [2.45, 2.75) is 98.3 Å². The minimum atomic E-state index is -0.335. The predicted octanol–water partition coefficient (Wildman–Crippen LogP) is 21.7. The molecule has 0 aromatic heterocycles. The molecule has 430 valence electrons. The Morgan fingerprint density at radius 3 is 1.68 bits per heavy atom. The van der Waals surface area contributed by atoms with E-state index in [1.165, 1.54) is 43.3 Å². The largest absolute Gasteiger partial charge is 0.309 e. The first kappa shape index (κ1) is 54.7. The fourth-order valence-electron chi connectivity index (χ4n) is 14.6. The number of hydrogen-bond acceptors (Lipinski definition) is 5. The van der Waals surface area contributed by atoms with E-state index < -0.39 is 0 Å². The van der Waals surface area contributed by atoms with E-state index in [-0.39, 0.29) is 45.1 Å². The molecular weight excluding hydrogens is 1080 g/mol. The molecule has 0 radical (unpaired) electrons. The third-order valence-corrected chi connectivity index (χ3v) is 19.2. The Morgan fingerprint density at radius 2 is 1.05 bits per heavy atom. The van der Waals surface area contributed by atoms with E-state index in [1.807, 2.05) is 72.8 Å². The lowest BCUT2D eigenvalue weighted by atomic mass is 9.80. The third kappa shape index (κ3) is 8.23. The first-order valence-electron chi connectivity index (χ1n) is 30.8. The van der Waals surface area contributed by atoms with Crippen molar-refractivity contribution in [2.24, 2.45) is 0 Å². The second kappa shape index (κ2) is 19.5. The van der Waals surface area contributed by atoms with Crippen LogP contribution in [0.5, 0.6) is 0 Å². The predicted molar refractivity (Wildman–Crippen MR) is 369 cm³/mol. The number of nitro groups is 1. The number of para-hydroxylation sites is 1. The van der Waals surface area contributed by atoms with Gasteiger partial charge in [0.05, 0.1) is 33.2 Å². The molecule has 1 heterocycles. The normalized spacial score (nSPS) is 16.1. The Labute approximate surface area is 512 Å². The van der Waals surface area contributed by atoms with Crippen LogP contribution in [0.1, 0.15) is 141 Å². The quantitative estimate of drug-likeness (QED) is 0.0498. The Bertz CT molecular complexity index is 5130. The lowest BCUT2D eigenvalue weighted by Crippen LogP contribution is -2.41. The molecule has 2 amide bonds. The Balaban J connectivity index is 0.913. The van der Waals surface area contributed by atoms with Crippen LogP contribution in [0.3, 0.4) is 0 Å². The molecule has 2 aliphatic carbocycles. The second-order valence-corrected chi connectivity index (χ2v) is 27.2. The Hall–Kier alpha value is -9.98. The lowest BCUT2D eigenvalue weighted by Gasteiger charge is -2.32. The molecule has 0 spiro atoms. The van der Waals surface area contributed by atoms with Crippen molar-refractivity contribution in [3.05, 3.63) is 260 Å². The molecule has 12 aromatic rings. The molecular formula is C81H67N3O4. The van der Waals surface area contributed by atoms with E-state index in [1.54, 1.807) is 6.07 Å².